The van der Waals surface area contributed by atoms with Gasteiger partial charge in [0.05, 0.1) is 0 Å². The second-order valence-corrected chi connectivity index (χ2v) is 10.8. The standard InChI is InChI=1S/C27H34Cl3N/c1-3-5-6-22(4-2)31-16-19-9-13-24(23-14-12-21(29)15-26(23)30)27(25(19)17-31)18-7-10-20(28)11-8-18/h7-8,10-12,14-15,19,22,24-25,27H,3-6,9,13,16-17H2,1-2H3. The minimum atomic E-state index is 0.419. The van der Waals surface area contributed by atoms with E-state index in [1.807, 2.05) is 24.3 Å². The highest BCUT2D eigenvalue weighted by molar-refractivity contribution is 6.35. The van der Waals surface area contributed by atoms with Crippen LogP contribution in [-0.2, 0) is 0 Å². The van der Waals surface area contributed by atoms with E-state index in [2.05, 4.69) is 36.9 Å². The normalized spacial score (nSPS) is 27.3. The van der Waals surface area contributed by atoms with Crippen molar-refractivity contribution in [2.24, 2.45) is 11.8 Å². The van der Waals surface area contributed by atoms with Gasteiger partial charge >= 0.3 is 0 Å². The molecule has 2 aromatic carbocycles. The molecule has 1 heterocycles. The van der Waals surface area contributed by atoms with Crippen LogP contribution in [0.3, 0.4) is 0 Å². The van der Waals surface area contributed by atoms with Crippen molar-refractivity contribution in [3.8, 4) is 0 Å². The van der Waals surface area contributed by atoms with Crippen LogP contribution in [0, 0.1) is 11.8 Å². The number of nitrogens with zero attached hydrogens (tertiary/aromatic N) is 1. The molecule has 2 fully saturated rings. The number of fused-ring (bicyclic) bond motifs is 1. The lowest BCUT2D eigenvalue weighted by Gasteiger charge is -2.41. The molecule has 4 rings (SSSR count). The zero-order chi connectivity index (χ0) is 22.0. The van der Waals surface area contributed by atoms with Crippen molar-refractivity contribution in [2.75, 3.05) is 13.1 Å². The fourth-order valence-corrected chi connectivity index (χ4v) is 6.89. The maximum atomic E-state index is 6.73. The van der Waals surface area contributed by atoms with Gasteiger partial charge in [-0.25, -0.2) is 0 Å². The highest BCUT2D eigenvalue weighted by atomic mass is 35.5. The predicted molar refractivity (Wildman–Crippen MR) is 135 cm³/mol. The van der Waals surface area contributed by atoms with Gasteiger partial charge in [0.2, 0.25) is 0 Å². The van der Waals surface area contributed by atoms with E-state index in [0.717, 1.165) is 16.0 Å². The molecule has 0 N–H and O–H groups in total. The van der Waals surface area contributed by atoms with Crippen LogP contribution >= 0.6 is 34.8 Å². The van der Waals surface area contributed by atoms with Gasteiger partial charge < -0.3 is 0 Å². The molecule has 1 aliphatic carbocycles. The lowest BCUT2D eigenvalue weighted by atomic mass is 9.63. The van der Waals surface area contributed by atoms with Crippen molar-refractivity contribution < 1.29 is 0 Å². The Kier molecular flexibility index (Phi) is 7.91. The van der Waals surface area contributed by atoms with Crippen molar-refractivity contribution in [1.29, 1.82) is 0 Å². The van der Waals surface area contributed by atoms with Crippen molar-refractivity contribution >= 4 is 34.8 Å². The molecule has 2 aliphatic rings. The third kappa shape index (κ3) is 5.11. The van der Waals surface area contributed by atoms with Crippen LogP contribution in [0.2, 0.25) is 15.1 Å². The van der Waals surface area contributed by atoms with E-state index in [-0.39, 0.29) is 0 Å². The van der Waals surface area contributed by atoms with Crippen LogP contribution in [0.5, 0.6) is 0 Å². The molecule has 0 amide bonds. The summed E-state index contributed by atoms with van der Waals surface area (Å²) in [5.74, 6) is 2.30. The van der Waals surface area contributed by atoms with Gasteiger partial charge in [-0.1, -0.05) is 79.7 Å². The Bertz CT molecular complexity index is 865. The molecule has 5 atom stereocenters. The average Bonchev–Trinajstić information content (AvgIpc) is 3.19. The Labute approximate surface area is 203 Å². The third-order valence-electron chi connectivity index (χ3n) is 7.76. The van der Waals surface area contributed by atoms with E-state index in [0.29, 0.717) is 28.8 Å². The van der Waals surface area contributed by atoms with Crippen molar-refractivity contribution in [1.82, 2.24) is 4.90 Å². The fourth-order valence-electron chi connectivity index (χ4n) is 6.21. The van der Waals surface area contributed by atoms with Crippen LogP contribution in [0.1, 0.15) is 75.3 Å². The van der Waals surface area contributed by atoms with Crippen molar-refractivity contribution in [2.45, 2.75) is 70.3 Å². The molecule has 1 aliphatic heterocycles. The summed E-state index contributed by atoms with van der Waals surface area (Å²) in [6, 6.07) is 15.3. The smallest absolute Gasteiger partial charge is 0.0455 e. The molecule has 31 heavy (non-hydrogen) atoms. The highest BCUT2D eigenvalue weighted by Crippen LogP contribution is 2.54. The minimum absolute atomic E-state index is 0.419. The molecule has 2 aromatic rings. The Morgan fingerprint density at radius 2 is 1.68 bits per heavy atom. The molecule has 1 saturated carbocycles. The largest absolute Gasteiger partial charge is 0.300 e. The Balaban J connectivity index is 1.67. The quantitative estimate of drug-likeness (QED) is 0.384. The number of hydrogen-bond acceptors (Lipinski definition) is 1. The van der Waals surface area contributed by atoms with E-state index < -0.39 is 0 Å². The number of rotatable bonds is 7. The SMILES string of the molecule is CCCCC(CC)N1CC2CCC(c3ccc(Cl)cc3Cl)C(c3ccc(Cl)cc3)C2C1. The van der Waals surface area contributed by atoms with Gasteiger partial charge in [0, 0.05) is 34.2 Å². The van der Waals surface area contributed by atoms with Crippen molar-refractivity contribution in [3.63, 3.8) is 0 Å². The van der Waals surface area contributed by atoms with Gasteiger partial charge in [0.15, 0.2) is 0 Å². The zero-order valence-corrected chi connectivity index (χ0v) is 20.9. The second kappa shape index (κ2) is 10.5. The van der Waals surface area contributed by atoms with Gasteiger partial charge in [0.1, 0.15) is 0 Å². The Hall–Kier alpha value is -0.730. The summed E-state index contributed by atoms with van der Waals surface area (Å²) in [4.78, 5) is 2.81. The summed E-state index contributed by atoms with van der Waals surface area (Å²) in [6.07, 6.45) is 7.63. The van der Waals surface area contributed by atoms with Crippen LogP contribution < -0.4 is 0 Å². The molecule has 0 aromatic heterocycles. The number of benzene rings is 2. The first-order valence-corrected chi connectivity index (χ1v) is 13.1. The topological polar surface area (TPSA) is 3.24 Å². The molecule has 4 heteroatoms. The zero-order valence-electron chi connectivity index (χ0n) is 18.7. The fraction of sp³-hybridized carbons (Fsp3) is 0.556. The van der Waals surface area contributed by atoms with Crippen LogP contribution in [-0.4, -0.2) is 24.0 Å². The summed E-state index contributed by atoms with van der Waals surface area (Å²) >= 11 is 19.2. The molecule has 0 radical (unpaired) electrons. The Morgan fingerprint density at radius 1 is 0.935 bits per heavy atom. The molecule has 168 valence electrons. The van der Waals surface area contributed by atoms with Gasteiger partial charge in [-0.3, -0.25) is 4.90 Å². The van der Waals surface area contributed by atoms with E-state index in [9.17, 15) is 0 Å². The van der Waals surface area contributed by atoms with Crippen LogP contribution in [0.4, 0.5) is 0 Å². The molecular formula is C27H34Cl3N. The summed E-state index contributed by atoms with van der Waals surface area (Å²) in [5.41, 5.74) is 2.65. The van der Waals surface area contributed by atoms with Gasteiger partial charge in [-0.15, -0.1) is 0 Å². The maximum absolute atomic E-state index is 6.73. The van der Waals surface area contributed by atoms with Gasteiger partial charge in [-0.05, 0) is 84.7 Å². The summed E-state index contributed by atoms with van der Waals surface area (Å²) in [6.45, 7) is 7.10. The number of unbranched alkanes of at least 4 members (excludes halogenated alkanes) is 1. The van der Waals surface area contributed by atoms with Crippen molar-refractivity contribution in [3.05, 3.63) is 68.7 Å². The lowest BCUT2D eigenvalue weighted by molar-refractivity contribution is 0.206. The summed E-state index contributed by atoms with van der Waals surface area (Å²) < 4.78 is 0. The van der Waals surface area contributed by atoms with Crippen LogP contribution in [0.15, 0.2) is 42.5 Å². The first-order valence-electron chi connectivity index (χ1n) is 12.0. The van der Waals surface area contributed by atoms with E-state index >= 15 is 0 Å². The van der Waals surface area contributed by atoms with Crippen LogP contribution in [0.25, 0.3) is 0 Å². The Morgan fingerprint density at radius 3 is 2.35 bits per heavy atom. The van der Waals surface area contributed by atoms with E-state index in [4.69, 9.17) is 34.8 Å². The first-order chi connectivity index (χ1) is 15.0. The van der Waals surface area contributed by atoms with Gasteiger partial charge in [-0.2, -0.15) is 0 Å². The summed E-state index contributed by atoms with van der Waals surface area (Å²) in [5, 5.41) is 2.31. The molecule has 0 spiro atoms. The molecule has 0 bridgehead atoms. The number of halogens is 3. The van der Waals surface area contributed by atoms with Gasteiger partial charge in [0.25, 0.3) is 0 Å². The van der Waals surface area contributed by atoms with E-state index in [1.54, 1.807) is 0 Å². The monoisotopic (exact) mass is 477 g/mol. The molecule has 1 saturated heterocycles. The number of hydrogen-bond donors (Lipinski definition) is 0. The van der Waals surface area contributed by atoms with E-state index in [1.165, 1.54) is 62.7 Å². The average molecular weight is 479 g/mol. The third-order valence-corrected chi connectivity index (χ3v) is 8.57. The minimum Gasteiger partial charge on any atom is -0.300 e. The highest BCUT2D eigenvalue weighted by Gasteiger charge is 2.46. The molecular weight excluding hydrogens is 445 g/mol. The summed E-state index contributed by atoms with van der Waals surface area (Å²) in [7, 11) is 0. The first kappa shape index (κ1) is 23.4. The lowest BCUT2D eigenvalue weighted by Crippen LogP contribution is -2.34. The molecule has 5 unspecified atom stereocenters. The predicted octanol–water partition coefficient (Wildman–Crippen LogP) is 8.82. The number of likely N-dealkylation sites (tertiary alicyclic amines) is 1. The second-order valence-electron chi connectivity index (χ2n) is 9.51. The molecule has 1 nitrogen and oxygen atoms in total. The maximum Gasteiger partial charge on any atom is 0.0455 e.